The molecule has 1 aromatic carbocycles. The van der Waals surface area contributed by atoms with Gasteiger partial charge in [0.2, 0.25) is 0 Å². The fraction of sp³-hybridized carbons (Fsp3) is 0.583. The zero-order valence-corrected chi connectivity index (χ0v) is 21.0. The average molecular weight is 488 g/mol. The number of nitrogens with zero attached hydrogens (tertiary/aromatic N) is 3. The zero-order valence-electron chi connectivity index (χ0n) is 20.2. The van der Waals surface area contributed by atoms with Crippen LogP contribution in [-0.2, 0) is 14.4 Å². The number of benzene rings is 1. The quantitative estimate of drug-likeness (QED) is 0.665. The second-order valence-corrected chi connectivity index (χ2v) is 11.0. The van der Waals surface area contributed by atoms with Crippen molar-refractivity contribution in [2.75, 3.05) is 43.1 Å². The van der Waals surface area contributed by atoms with E-state index in [-0.39, 0.29) is 11.4 Å². The minimum atomic E-state index is -0.416. The van der Waals surface area contributed by atoms with E-state index in [1.165, 1.54) is 18.7 Å². The Balaban J connectivity index is 1.43. The molecule has 0 aliphatic carbocycles. The molecule has 34 heavy (non-hydrogen) atoms. The first-order valence-electron chi connectivity index (χ1n) is 11.9. The minimum absolute atomic E-state index is 0.122. The number of hydrogen-bond donors (Lipinski definition) is 2. The SMILES string of the molecule is CC(=O)ON1C2=C(SC1N1CCOc3cc(N(C)C4CCNCC4)ccc31)C(=O)NC(C)(C)C2. The van der Waals surface area contributed by atoms with Crippen LogP contribution in [0.15, 0.2) is 28.8 Å². The van der Waals surface area contributed by atoms with Crippen LogP contribution in [0.5, 0.6) is 5.75 Å². The number of hydrogen-bond acceptors (Lipinski definition) is 9. The molecule has 5 rings (SSSR count). The lowest BCUT2D eigenvalue weighted by molar-refractivity contribution is -0.182. The molecule has 9 nitrogen and oxygen atoms in total. The van der Waals surface area contributed by atoms with E-state index in [2.05, 4.69) is 45.7 Å². The molecule has 1 amide bonds. The van der Waals surface area contributed by atoms with Gasteiger partial charge in [0.25, 0.3) is 5.91 Å². The molecule has 1 aromatic rings. The molecule has 4 aliphatic rings. The van der Waals surface area contributed by atoms with E-state index in [0.717, 1.165) is 48.8 Å². The van der Waals surface area contributed by atoms with Gasteiger partial charge in [0.1, 0.15) is 12.4 Å². The van der Waals surface area contributed by atoms with Crippen LogP contribution in [0.1, 0.15) is 40.0 Å². The van der Waals surface area contributed by atoms with Gasteiger partial charge >= 0.3 is 5.97 Å². The van der Waals surface area contributed by atoms with Crippen LogP contribution >= 0.6 is 11.8 Å². The number of ether oxygens (including phenoxy) is 1. The number of rotatable bonds is 4. The van der Waals surface area contributed by atoms with Crippen LogP contribution in [0, 0.1) is 0 Å². The summed E-state index contributed by atoms with van der Waals surface area (Å²) < 4.78 is 6.07. The Morgan fingerprint density at radius 3 is 2.79 bits per heavy atom. The maximum atomic E-state index is 12.9. The highest BCUT2D eigenvalue weighted by molar-refractivity contribution is 8.04. The Labute approximate surface area is 204 Å². The van der Waals surface area contributed by atoms with Crippen LogP contribution < -0.4 is 25.2 Å². The van der Waals surface area contributed by atoms with Gasteiger partial charge in [-0.3, -0.25) is 9.59 Å². The van der Waals surface area contributed by atoms with Crippen LogP contribution in [0.3, 0.4) is 0 Å². The Hall–Kier alpha value is -2.59. The summed E-state index contributed by atoms with van der Waals surface area (Å²) in [6.07, 6.45) is 2.82. The average Bonchev–Trinajstić information content (AvgIpc) is 3.15. The third kappa shape index (κ3) is 4.29. The predicted octanol–water partition coefficient (Wildman–Crippen LogP) is 2.39. The molecule has 1 saturated heterocycles. The van der Waals surface area contributed by atoms with Crippen molar-refractivity contribution in [2.45, 2.75) is 57.1 Å². The molecule has 1 atom stereocenters. The van der Waals surface area contributed by atoms with Gasteiger partial charge in [-0.05, 0) is 51.9 Å². The highest BCUT2D eigenvalue weighted by Crippen LogP contribution is 2.48. The maximum absolute atomic E-state index is 12.9. The van der Waals surface area contributed by atoms with Crippen molar-refractivity contribution < 1.29 is 19.2 Å². The molecular weight excluding hydrogens is 454 g/mol. The molecule has 10 heteroatoms. The first-order chi connectivity index (χ1) is 16.2. The van der Waals surface area contributed by atoms with E-state index in [9.17, 15) is 9.59 Å². The van der Waals surface area contributed by atoms with E-state index >= 15 is 0 Å². The van der Waals surface area contributed by atoms with Crippen molar-refractivity contribution in [3.05, 3.63) is 28.8 Å². The summed E-state index contributed by atoms with van der Waals surface area (Å²) in [7, 11) is 2.14. The van der Waals surface area contributed by atoms with Gasteiger partial charge < -0.3 is 30.0 Å². The molecule has 4 aliphatic heterocycles. The normalized spacial score (nSPS) is 24.2. The molecule has 1 unspecified atom stereocenters. The topological polar surface area (TPSA) is 86.4 Å². The standard InChI is InChI=1S/C24H33N5O4S/c1-15(30)33-29-19-14-24(2,3)26-22(31)21(19)34-23(29)28-11-12-32-20-13-17(5-6-18(20)28)27(4)16-7-9-25-10-8-16/h5-6,13,16,23,25H,7-12,14H2,1-4H3,(H,26,31). The third-order valence-corrected chi connectivity index (χ3v) is 8.13. The molecular formula is C24H33N5O4S. The van der Waals surface area contributed by atoms with Gasteiger partial charge in [-0.1, -0.05) is 11.8 Å². The lowest BCUT2D eigenvalue weighted by atomic mass is 9.94. The molecule has 0 aromatic heterocycles. The van der Waals surface area contributed by atoms with Gasteiger partial charge in [0.05, 0.1) is 22.8 Å². The number of piperidine rings is 1. The molecule has 0 radical (unpaired) electrons. The second-order valence-electron chi connectivity index (χ2n) is 9.93. The largest absolute Gasteiger partial charge is 0.489 e. The van der Waals surface area contributed by atoms with Crippen LogP contribution in [0.2, 0.25) is 0 Å². The Bertz CT molecular complexity index is 1020. The van der Waals surface area contributed by atoms with Crippen molar-refractivity contribution in [1.29, 1.82) is 0 Å². The monoisotopic (exact) mass is 487 g/mol. The van der Waals surface area contributed by atoms with Gasteiger partial charge in [-0.2, -0.15) is 5.06 Å². The summed E-state index contributed by atoms with van der Waals surface area (Å²) in [6, 6.07) is 6.81. The Morgan fingerprint density at radius 2 is 2.06 bits per heavy atom. The van der Waals surface area contributed by atoms with Crippen molar-refractivity contribution >= 4 is 35.0 Å². The van der Waals surface area contributed by atoms with Gasteiger partial charge in [-0.15, -0.1) is 0 Å². The van der Waals surface area contributed by atoms with E-state index in [1.54, 1.807) is 5.06 Å². The van der Waals surface area contributed by atoms with Gasteiger partial charge in [-0.25, -0.2) is 0 Å². The first-order valence-corrected chi connectivity index (χ1v) is 12.8. The molecule has 0 bridgehead atoms. The second kappa shape index (κ2) is 8.88. The van der Waals surface area contributed by atoms with E-state index in [4.69, 9.17) is 9.57 Å². The Morgan fingerprint density at radius 1 is 1.29 bits per heavy atom. The summed E-state index contributed by atoms with van der Waals surface area (Å²) in [6.45, 7) is 8.56. The molecule has 0 spiro atoms. The number of carbonyl (C=O) groups is 2. The van der Waals surface area contributed by atoms with E-state index in [1.807, 2.05) is 13.8 Å². The zero-order chi connectivity index (χ0) is 24.0. The molecule has 2 N–H and O–H groups in total. The van der Waals surface area contributed by atoms with Crippen LogP contribution in [-0.4, -0.2) is 67.3 Å². The van der Waals surface area contributed by atoms with Gasteiger partial charge in [0, 0.05) is 43.7 Å². The summed E-state index contributed by atoms with van der Waals surface area (Å²) in [5.74, 6) is 0.279. The number of carbonyl (C=O) groups excluding carboxylic acids is 2. The first kappa shape index (κ1) is 23.2. The molecule has 0 saturated carbocycles. The number of thioether (sulfide) groups is 1. The van der Waals surface area contributed by atoms with Crippen molar-refractivity contribution in [3.8, 4) is 5.75 Å². The summed E-state index contributed by atoms with van der Waals surface area (Å²) in [5.41, 5.74) is 2.03. The number of hydroxylamine groups is 2. The van der Waals surface area contributed by atoms with Crippen molar-refractivity contribution in [1.82, 2.24) is 15.7 Å². The fourth-order valence-electron chi connectivity index (χ4n) is 5.14. The highest BCUT2D eigenvalue weighted by Gasteiger charge is 2.47. The van der Waals surface area contributed by atoms with Crippen LogP contribution in [0.25, 0.3) is 0 Å². The molecule has 4 heterocycles. The number of nitrogens with one attached hydrogen (secondary N) is 2. The number of amides is 1. The third-order valence-electron chi connectivity index (χ3n) is 6.82. The summed E-state index contributed by atoms with van der Waals surface area (Å²) in [5, 5.41) is 8.11. The smallest absolute Gasteiger partial charge is 0.329 e. The van der Waals surface area contributed by atoms with Crippen molar-refractivity contribution in [3.63, 3.8) is 0 Å². The van der Waals surface area contributed by atoms with Crippen molar-refractivity contribution in [2.24, 2.45) is 0 Å². The summed E-state index contributed by atoms with van der Waals surface area (Å²) in [4.78, 5) is 35.7. The predicted molar refractivity (Wildman–Crippen MR) is 132 cm³/mol. The van der Waals surface area contributed by atoms with E-state index in [0.29, 0.717) is 30.5 Å². The molecule has 184 valence electrons. The number of fused-ring (bicyclic) bond motifs is 1. The highest BCUT2D eigenvalue weighted by atomic mass is 32.2. The maximum Gasteiger partial charge on any atom is 0.329 e. The Kier molecular flexibility index (Phi) is 6.05. The van der Waals surface area contributed by atoms with Gasteiger partial charge in [0.15, 0.2) is 5.50 Å². The molecule has 1 fully saturated rings. The number of anilines is 2. The summed E-state index contributed by atoms with van der Waals surface area (Å²) >= 11 is 1.43. The fourth-order valence-corrected chi connectivity index (χ4v) is 6.42. The van der Waals surface area contributed by atoms with Crippen LogP contribution in [0.4, 0.5) is 11.4 Å². The lowest BCUT2D eigenvalue weighted by Crippen LogP contribution is -2.50. The minimum Gasteiger partial charge on any atom is -0.489 e. The van der Waals surface area contributed by atoms with E-state index < -0.39 is 11.5 Å². The lowest BCUT2D eigenvalue weighted by Gasteiger charge is -2.40.